The van der Waals surface area contributed by atoms with E-state index in [1.54, 1.807) is 24.1 Å². The lowest BCUT2D eigenvalue weighted by Crippen LogP contribution is -2.47. The van der Waals surface area contributed by atoms with Crippen molar-refractivity contribution in [3.8, 4) is 0 Å². The molecule has 2 heterocycles. The minimum absolute atomic E-state index is 0.0287. The highest BCUT2D eigenvalue weighted by Gasteiger charge is 2.22. The Morgan fingerprint density at radius 1 is 1.40 bits per heavy atom. The number of carbonyl (C=O) groups excluding carboxylic acids is 2. The fourth-order valence-corrected chi connectivity index (χ4v) is 2.31. The molecule has 0 saturated carbocycles. The number of likely N-dealkylation sites (N-methyl/N-ethyl adjacent to an activating group) is 1. The van der Waals surface area contributed by atoms with Crippen molar-refractivity contribution in [2.45, 2.75) is 18.9 Å². The molecule has 1 aliphatic heterocycles. The molecule has 1 aromatic rings. The molecule has 0 spiro atoms. The Morgan fingerprint density at radius 3 is 2.65 bits per heavy atom. The number of likely N-dealkylation sites (tertiary alicyclic amines) is 1. The Hall–Kier alpha value is -1.89. The maximum absolute atomic E-state index is 12.0. The van der Waals surface area contributed by atoms with Gasteiger partial charge in [-0.2, -0.15) is 0 Å². The Morgan fingerprint density at radius 2 is 2.10 bits per heavy atom. The molecule has 0 unspecified atom stereocenters. The molecule has 7 nitrogen and oxygen atoms in total. The summed E-state index contributed by atoms with van der Waals surface area (Å²) < 4.78 is 1.75. The summed E-state index contributed by atoms with van der Waals surface area (Å²) in [5.74, 6) is -0.101. The number of piperidine rings is 1. The van der Waals surface area contributed by atoms with E-state index in [2.05, 4.69) is 20.5 Å². The van der Waals surface area contributed by atoms with E-state index in [4.69, 9.17) is 0 Å². The van der Waals surface area contributed by atoms with Crippen LogP contribution < -0.4 is 10.6 Å². The second-order valence-electron chi connectivity index (χ2n) is 5.12. The molecule has 2 N–H and O–H groups in total. The number of imidazole rings is 1. The van der Waals surface area contributed by atoms with Gasteiger partial charge in [-0.05, 0) is 12.8 Å². The van der Waals surface area contributed by atoms with Crippen LogP contribution in [0.3, 0.4) is 0 Å². The number of carbonyl (C=O) groups is 2. The van der Waals surface area contributed by atoms with Crippen LogP contribution >= 0.6 is 0 Å². The summed E-state index contributed by atoms with van der Waals surface area (Å²) in [5, 5.41) is 5.61. The molecule has 2 amide bonds. The summed E-state index contributed by atoms with van der Waals surface area (Å²) in [4.78, 5) is 29.4. The van der Waals surface area contributed by atoms with Crippen molar-refractivity contribution in [3.05, 3.63) is 18.2 Å². The smallest absolute Gasteiger partial charge is 0.271 e. The first-order chi connectivity index (χ1) is 9.58. The van der Waals surface area contributed by atoms with E-state index in [-0.39, 0.29) is 17.9 Å². The number of aryl methyl sites for hydroxylation is 1. The van der Waals surface area contributed by atoms with Gasteiger partial charge in [-0.25, -0.2) is 4.98 Å². The van der Waals surface area contributed by atoms with E-state index in [0.717, 1.165) is 25.9 Å². The summed E-state index contributed by atoms with van der Waals surface area (Å²) in [6.45, 7) is 2.07. The molecule has 1 fully saturated rings. The Balaban J connectivity index is 1.77. The van der Waals surface area contributed by atoms with Crippen LogP contribution in [0, 0.1) is 0 Å². The van der Waals surface area contributed by atoms with Gasteiger partial charge in [0, 0.05) is 39.4 Å². The number of rotatable bonds is 4. The fourth-order valence-electron chi connectivity index (χ4n) is 2.31. The zero-order valence-corrected chi connectivity index (χ0v) is 11.9. The first kappa shape index (κ1) is 14.5. The molecule has 0 bridgehead atoms. The molecule has 1 aromatic heterocycles. The van der Waals surface area contributed by atoms with Crippen LogP contribution in [-0.4, -0.2) is 59.0 Å². The van der Waals surface area contributed by atoms with E-state index in [1.807, 2.05) is 7.05 Å². The number of hydrogen-bond acceptors (Lipinski definition) is 4. The average Bonchev–Trinajstić information content (AvgIpc) is 2.87. The van der Waals surface area contributed by atoms with E-state index >= 15 is 0 Å². The highest BCUT2D eigenvalue weighted by atomic mass is 16.2. The van der Waals surface area contributed by atoms with Crippen molar-refractivity contribution in [2.24, 2.45) is 7.05 Å². The first-order valence-electron chi connectivity index (χ1n) is 6.80. The standard InChI is InChI=1S/C13H21N5O2/c1-14-12(19)8-18-5-3-10(4-6-18)16-13(20)11-7-17(2)9-15-11/h7,9-10H,3-6,8H2,1-2H3,(H,14,19)(H,16,20). The van der Waals surface area contributed by atoms with Crippen molar-refractivity contribution in [2.75, 3.05) is 26.7 Å². The van der Waals surface area contributed by atoms with Crippen LogP contribution in [-0.2, 0) is 11.8 Å². The quantitative estimate of drug-likeness (QED) is 0.768. The molecule has 2 rings (SSSR count). The average molecular weight is 279 g/mol. The highest BCUT2D eigenvalue weighted by molar-refractivity contribution is 5.92. The monoisotopic (exact) mass is 279 g/mol. The third kappa shape index (κ3) is 3.80. The van der Waals surface area contributed by atoms with Crippen LogP contribution in [0.15, 0.2) is 12.5 Å². The molecule has 0 atom stereocenters. The van der Waals surface area contributed by atoms with Crippen LogP contribution in [0.2, 0.25) is 0 Å². The van der Waals surface area contributed by atoms with E-state index < -0.39 is 0 Å². The largest absolute Gasteiger partial charge is 0.358 e. The van der Waals surface area contributed by atoms with Gasteiger partial charge in [0.15, 0.2) is 0 Å². The zero-order valence-electron chi connectivity index (χ0n) is 11.9. The van der Waals surface area contributed by atoms with Gasteiger partial charge >= 0.3 is 0 Å². The molecular formula is C13H21N5O2. The van der Waals surface area contributed by atoms with Gasteiger partial charge in [0.05, 0.1) is 12.9 Å². The molecule has 0 radical (unpaired) electrons. The molecule has 0 aromatic carbocycles. The predicted octanol–water partition coefficient (Wildman–Crippen LogP) is -0.640. The Labute approximate surface area is 118 Å². The first-order valence-corrected chi connectivity index (χ1v) is 6.80. The zero-order chi connectivity index (χ0) is 14.5. The second-order valence-corrected chi connectivity index (χ2v) is 5.12. The molecule has 7 heteroatoms. The molecule has 0 aliphatic carbocycles. The third-order valence-corrected chi connectivity index (χ3v) is 3.51. The lowest BCUT2D eigenvalue weighted by Gasteiger charge is -2.31. The van der Waals surface area contributed by atoms with Crippen molar-refractivity contribution in [3.63, 3.8) is 0 Å². The topological polar surface area (TPSA) is 79.3 Å². The summed E-state index contributed by atoms with van der Waals surface area (Å²) in [5.41, 5.74) is 0.445. The number of nitrogens with zero attached hydrogens (tertiary/aromatic N) is 3. The van der Waals surface area contributed by atoms with Crippen LogP contribution in [0.25, 0.3) is 0 Å². The van der Waals surface area contributed by atoms with Gasteiger partial charge < -0.3 is 15.2 Å². The number of hydrogen-bond donors (Lipinski definition) is 2. The second kappa shape index (κ2) is 6.51. The van der Waals surface area contributed by atoms with Crippen LogP contribution in [0.5, 0.6) is 0 Å². The van der Waals surface area contributed by atoms with Gasteiger partial charge in [-0.15, -0.1) is 0 Å². The maximum Gasteiger partial charge on any atom is 0.271 e. The molecule has 20 heavy (non-hydrogen) atoms. The van der Waals surface area contributed by atoms with Crippen LogP contribution in [0.1, 0.15) is 23.3 Å². The number of amides is 2. The van der Waals surface area contributed by atoms with Gasteiger partial charge in [0.1, 0.15) is 5.69 Å². The minimum atomic E-state index is -0.129. The number of nitrogens with one attached hydrogen (secondary N) is 2. The Bertz CT molecular complexity index is 477. The summed E-state index contributed by atoms with van der Waals surface area (Å²) in [7, 11) is 3.48. The van der Waals surface area contributed by atoms with E-state index in [1.165, 1.54) is 0 Å². The van der Waals surface area contributed by atoms with E-state index in [9.17, 15) is 9.59 Å². The maximum atomic E-state index is 12.0. The SMILES string of the molecule is CNC(=O)CN1CCC(NC(=O)c2cn(C)cn2)CC1. The van der Waals surface area contributed by atoms with E-state index in [0.29, 0.717) is 12.2 Å². The van der Waals surface area contributed by atoms with Gasteiger partial charge in [-0.1, -0.05) is 0 Å². The summed E-state index contributed by atoms with van der Waals surface area (Å²) in [6, 6.07) is 0.158. The fraction of sp³-hybridized carbons (Fsp3) is 0.615. The van der Waals surface area contributed by atoms with Gasteiger partial charge in [0.25, 0.3) is 5.91 Å². The van der Waals surface area contributed by atoms with Crippen molar-refractivity contribution in [1.82, 2.24) is 25.1 Å². The summed E-state index contributed by atoms with van der Waals surface area (Å²) in [6.07, 6.45) is 5.03. The van der Waals surface area contributed by atoms with Crippen LogP contribution in [0.4, 0.5) is 0 Å². The minimum Gasteiger partial charge on any atom is -0.358 e. The van der Waals surface area contributed by atoms with Crippen molar-refractivity contribution >= 4 is 11.8 Å². The third-order valence-electron chi connectivity index (χ3n) is 3.51. The summed E-state index contributed by atoms with van der Waals surface area (Å²) >= 11 is 0. The lowest BCUT2D eigenvalue weighted by atomic mass is 10.0. The van der Waals surface area contributed by atoms with Gasteiger partial charge in [0.2, 0.25) is 5.91 Å². The van der Waals surface area contributed by atoms with Crippen molar-refractivity contribution < 1.29 is 9.59 Å². The Kier molecular flexibility index (Phi) is 4.73. The molecule has 110 valence electrons. The molecular weight excluding hydrogens is 258 g/mol. The highest BCUT2D eigenvalue weighted by Crippen LogP contribution is 2.10. The number of aromatic nitrogens is 2. The predicted molar refractivity (Wildman–Crippen MR) is 74.2 cm³/mol. The normalized spacial score (nSPS) is 16.9. The molecule has 1 saturated heterocycles. The van der Waals surface area contributed by atoms with Gasteiger partial charge in [-0.3, -0.25) is 14.5 Å². The van der Waals surface area contributed by atoms with Crippen molar-refractivity contribution in [1.29, 1.82) is 0 Å². The molecule has 1 aliphatic rings. The lowest BCUT2D eigenvalue weighted by molar-refractivity contribution is -0.122.